The summed E-state index contributed by atoms with van der Waals surface area (Å²) in [6.07, 6.45) is 10.4. The Bertz CT molecular complexity index is 1340. The first kappa shape index (κ1) is 23.2. The second kappa shape index (κ2) is 9.35. The molecular formula is C27H33N5O4. The van der Waals surface area contributed by atoms with Crippen LogP contribution in [-0.4, -0.2) is 62.3 Å². The predicted molar refractivity (Wildman–Crippen MR) is 134 cm³/mol. The van der Waals surface area contributed by atoms with Gasteiger partial charge in [0.05, 0.1) is 31.4 Å². The minimum Gasteiger partial charge on any atom is -0.486 e. The summed E-state index contributed by atoms with van der Waals surface area (Å²) in [6.45, 7) is 4.70. The number of carbonyl (C=O) groups excluding carboxylic acids is 1. The lowest BCUT2D eigenvalue weighted by Gasteiger charge is -2.41. The summed E-state index contributed by atoms with van der Waals surface area (Å²) in [6, 6.07) is 6.18. The Hall–Kier alpha value is -3.20. The van der Waals surface area contributed by atoms with Crippen LogP contribution in [0.3, 0.4) is 0 Å². The van der Waals surface area contributed by atoms with E-state index in [-0.39, 0.29) is 23.2 Å². The van der Waals surface area contributed by atoms with Gasteiger partial charge in [-0.15, -0.1) is 0 Å². The van der Waals surface area contributed by atoms with E-state index in [2.05, 4.69) is 39.8 Å². The molecule has 190 valence electrons. The molecule has 1 saturated heterocycles. The number of carbonyl (C=O) groups is 1. The van der Waals surface area contributed by atoms with Gasteiger partial charge in [0.15, 0.2) is 5.69 Å². The monoisotopic (exact) mass is 491 g/mol. The van der Waals surface area contributed by atoms with Crippen molar-refractivity contribution in [2.45, 2.75) is 70.0 Å². The molecule has 36 heavy (non-hydrogen) atoms. The zero-order valence-corrected chi connectivity index (χ0v) is 20.8. The number of nitrogens with zero attached hydrogens (tertiary/aromatic N) is 5. The van der Waals surface area contributed by atoms with Crippen molar-refractivity contribution in [3.05, 3.63) is 52.5 Å². The van der Waals surface area contributed by atoms with E-state index in [1.807, 2.05) is 21.7 Å². The second-order valence-electron chi connectivity index (χ2n) is 10.3. The van der Waals surface area contributed by atoms with Crippen LogP contribution in [0.1, 0.15) is 61.8 Å². The SMILES string of the molecule is CCCCOc1c2n(c(CC3(n4ccc5cccnc54)CCCC3)nc1=O)CCN(C1COC1)C2=O. The summed E-state index contributed by atoms with van der Waals surface area (Å²) in [5, 5.41) is 1.10. The summed E-state index contributed by atoms with van der Waals surface area (Å²) in [4.78, 5) is 38.1. The Balaban J connectivity index is 1.44. The molecule has 3 aromatic heterocycles. The molecule has 0 radical (unpaired) electrons. The van der Waals surface area contributed by atoms with Crippen molar-refractivity contribution in [2.75, 3.05) is 26.4 Å². The van der Waals surface area contributed by atoms with Crippen LogP contribution in [0.2, 0.25) is 0 Å². The lowest BCUT2D eigenvalue weighted by molar-refractivity contribution is -0.0576. The molecule has 1 saturated carbocycles. The van der Waals surface area contributed by atoms with E-state index < -0.39 is 5.56 Å². The molecule has 1 aliphatic carbocycles. The first-order chi connectivity index (χ1) is 17.6. The Morgan fingerprint density at radius 2 is 2.00 bits per heavy atom. The Kier molecular flexibility index (Phi) is 6.03. The molecule has 9 nitrogen and oxygen atoms in total. The summed E-state index contributed by atoms with van der Waals surface area (Å²) >= 11 is 0. The average Bonchev–Trinajstić information content (AvgIpc) is 3.49. The topological polar surface area (TPSA) is 91.5 Å². The van der Waals surface area contributed by atoms with Gasteiger partial charge in [0, 0.05) is 37.3 Å². The summed E-state index contributed by atoms with van der Waals surface area (Å²) in [5.41, 5.74) is 0.620. The quantitative estimate of drug-likeness (QED) is 0.450. The maximum absolute atomic E-state index is 13.7. The van der Waals surface area contributed by atoms with Gasteiger partial charge in [-0.2, -0.15) is 4.98 Å². The Morgan fingerprint density at radius 3 is 2.75 bits per heavy atom. The van der Waals surface area contributed by atoms with Crippen LogP contribution < -0.4 is 10.3 Å². The molecule has 3 aliphatic rings. The smallest absolute Gasteiger partial charge is 0.316 e. The summed E-state index contributed by atoms with van der Waals surface area (Å²) in [5.74, 6) is 0.599. The fourth-order valence-electron chi connectivity index (χ4n) is 5.99. The molecule has 0 atom stereocenters. The van der Waals surface area contributed by atoms with E-state index >= 15 is 0 Å². The highest BCUT2D eigenvalue weighted by molar-refractivity contribution is 5.96. The molecule has 3 aromatic rings. The molecule has 6 rings (SSSR count). The van der Waals surface area contributed by atoms with Crippen LogP contribution in [0.5, 0.6) is 5.75 Å². The number of unbranched alkanes of at least 4 members (excludes halogenated alkanes) is 1. The fraction of sp³-hybridized carbons (Fsp3) is 0.556. The highest BCUT2D eigenvalue weighted by Gasteiger charge is 2.41. The Labute approximate surface area is 210 Å². The van der Waals surface area contributed by atoms with Crippen LogP contribution in [0.4, 0.5) is 0 Å². The third kappa shape index (κ3) is 3.80. The van der Waals surface area contributed by atoms with Gasteiger partial charge < -0.3 is 23.5 Å². The van der Waals surface area contributed by atoms with Crippen LogP contribution in [0.15, 0.2) is 35.4 Å². The number of hydrogen-bond acceptors (Lipinski definition) is 6. The maximum atomic E-state index is 13.7. The molecule has 5 heterocycles. The van der Waals surface area contributed by atoms with E-state index in [1.165, 1.54) is 0 Å². The molecule has 9 heteroatoms. The zero-order chi connectivity index (χ0) is 24.7. The summed E-state index contributed by atoms with van der Waals surface area (Å²) < 4.78 is 15.5. The average molecular weight is 492 g/mol. The normalized spacial score (nSPS) is 19.5. The maximum Gasteiger partial charge on any atom is 0.316 e. The standard InChI is InChI=1S/C27H33N5O4/c1-2-3-15-36-23-22-26(34)30(20-17-35-18-20)13-14-31(22)21(29-25(23)33)16-27(9-4-5-10-27)32-12-8-19-7-6-11-28-24(19)32/h6-8,11-12,20H,2-5,9-10,13-18H2,1H3. The van der Waals surface area contributed by atoms with E-state index in [0.29, 0.717) is 50.8 Å². The number of fused-ring (bicyclic) bond motifs is 2. The van der Waals surface area contributed by atoms with Gasteiger partial charge >= 0.3 is 5.56 Å². The van der Waals surface area contributed by atoms with Crippen molar-refractivity contribution in [3.63, 3.8) is 0 Å². The zero-order valence-electron chi connectivity index (χ0n) is 20.8. The largest absolute Gasteiger partial charge is 0.486 e. The van der Waals surface area contributed by atoms with Gasteiger partial charge in [-0.1, -0.05) is 26.2 Å². The molecule has 0 spiro atoms. The number of amides is 1. The van der Waals surface area contributed by atoms with Crippen molar-refractivity contribution in [1.82, 2.24) is 24.0 Å². The van der Waals surface area contributed by atoms with E-state index in [4.69, 9.17) is 9.47 Å². The number of hydrogen-bond donors (Lipinski definition) is 0. The van der Waals surface area contributed by atoms with E-state index in [9.17, 15) is 9.59 Å². The fourth-order valence-corrected chi connectivity index (χ4v) is 5.99. The Morgan fingerprint density at radius 1 is 1.17 bits per heavy atom. The van der Waals surface area contributed by atoms with Crippen molar-refractivity contribution in [1.29, 1.82) is 0 Å². The number of rotatable bonds is 8. The second-order valence-corrected chi connectivity index (χ2v) is 10.3. The van der Waals surface area contributed by atoms with Crippen LogP contribution in [0, 0.1) is 0 Å². The highest BCUT2D eigenvalue weighted by atomic mass is 16.5. The molecule has 0 aromatic carbocycles. The molecular weight excluding hydrogens is 458 g/mol. The van der Waals surface area contributed by atoms with Gasteiger partial charge in [-0.3, -0.25) is 9.59 Å². The van der Waals surface area contributed by atoms with Crippen molar-refractivity contribution >= 4 is 16.9 Å². The van der Waals surface area contributed by atoms with E-state index in [1.54, 1.807) is 0 Å². The van der Waals surface area contributed by atoms with Gasteiger partial charge in [0.1, 0.15) is 11.5 Å². The number of pyridine rings is 1. The lowest BCUT2D eigenvalue weighted by atomic mass is 9.91. The third-order valence-corrected chi connectivity index (χ3v) is 8.04. The molecule has 0 unspecified atom stereocenters. The highest BCUT2D eigenvalue weighted by Crippen LogP contribution is 2.41. The van der Waals surface area contributed by atoms with E-state index in [0.717, 1.165) is 49.6 Å². The van der Waals surface area contributed by atoms with Crippen molar-refractivity contribution < 1.29 is 14.3 Å². The molecule has 2 fully saturated rings. The first-order valence-corrected chi connectivity index (χ1v) is 13.2. The first-order valence-electron chi connectivity index (χ1n) is 13.2. The number of ether oxygens (including phenoxy) is 2. The van der Waals surface area contributed by atoms with Crippen molar-refractivity contribution in [2.24, 2.45) is 0 Å². The molecule has 0 bridgehead atoms. The summed E-state index contributed by atoms with van der Waals surface area (Å²) in [7, 11) is 0. The van der Waals surface area contributed by atoms with Crippen molar-refractivity contribution in [3.8, 4) is 5.75 Å². The van der Waals surface area contributed by atoms with Crippen LogP contribution in [-0.2, 0) is 23.2 Å². The van der Waals surface area contributed by atoms with Gasteiger partial charge in [0.2, 0.25) is 5.75 Å². The minimum absolute atomic E-state index is 0.0555. The third-order valence-electron chi connectivity index (χ3n) is 8.04. The van der Waals surface area contributed by atoms with Crippen LogP contribution in [0.25, 0.3) is 11.0 Å². The van der Waals surface area contributed by atoms with Crippen LogP contribution >= 0.6 is 0 Å². The van der Waals surface area contributed by atoms with Gasteiger partial charge in [-0.25, -0.2) is 4.98 Å². The molecule has 1 amide bonds. The van der Waals surface area contributed by atoms with Gasteiger partial charge in [0.25, 0.3) is 5.91 Å². The molecule has 0 N–H and O–H groups in total. The predicted octanol–water partition coefficient (Wildman–Crippen LogP) is 3.14. The lowest BCUT2D eigenvalue weighted by Crippen LogP contribution is -2.56. The minimum atomic E-state index is -0.448. The number of aromatic nitrogens is 4. The van der Waals surface area contributed by atoms with Gasteiger partial charge in [-0.05, 0) is 37.5 Å². The molecule has 2 aliphatic heterocycles.